The zero-order valence-electron chi connectivity index (χ0n) is 7.39. The van der Waals surface area contributed by atoms with E-state index in [1.165, 1.54) is 19.2 Å². The van der Waals surface area contributed by atoms with Crippen LogP contribution in [0.25, 0.3) is 0 Å². The zero-order chi connectivity index (χ0) is 10.6. The fraction of sp³-hybridized carbons (Fsp3) is 0.111. The van der Waals surface area contributed by atoms with Crippen LogP contribution < -0.4 is 9.47 Å². The lowest BCUT2D eigenvalue weighted by molar-refractivity contribution is 0.111. The van der Waals surface area contributed by atoms with E-state index in [0.717, 1.165) is 0 Å². The van der Waals surface area contributed by atoms with Crippen molar-refractivity contribution in [1.82, 2.24) is 0 Å². The molecule has 1 aromatic rings. The SMILES string of the molecule is COc1cccc(C=O)c1OC(=O)O. The van der Waals surface area contributed by atoms with Crippen LogP contribution in [0.1, 0.15) is 10.4 Å². The maximum Gasteiger partial charge on any atom is 0.511 e. The summed E-state index contributed by atoms with van der Waals surface area (Å²) in [6.45, 7) is 0. The first-order chi connectivity index (χ1) is 6.69. The summed E-state index contributed by atoms with van der Waals surface area (Å²) in [5, 5.41) is 8.41. The first kappa shape index (κ1) is 10.0. The molecule has 0 bridgehead atoms. The highest BCUT2D eigenvalue weighted by Crippen LogP contribution is 2.29. The molecule has 1 rings (SSSR count). The number of carbonyl (C=O) groups is 2. The van der Waals surface area contributed by atoms with Crippen molar-refractivity contribution < 1.29 is 24.2 Å². The summed E-state index contributed by atoms with van der Waals surface area (Å²) in [7, 11) is 1.36. The number of hydrogen-bond donors (Lipinski definition) is 1. The van der Waals surface area contributed by atoms with Gasteiger partial charge in [-0.25, -0.2) is 4.79 Å². The van der Waals surface area contributed by atoms with Crippen molar-refractivity contribution in [3.8, 4) is 11.5 Å². The summed E-state index contributed by atoms with van der Waals surface area (Å²) in [6, 6.07) is 4.51. The van der Waals surface area contributed by atoms with Crippen LogP contribution in [-0.4, -0.2) is 24.7 Å². The standard InChI is InChI=1S/C9H8O5/c1-13-7-4-2-3-6(5-10)8(7)14-9(11)12/h2-5H,1H3,(H,11,12). The van der Waals surface area contributed by atoms with Gasteiger partial charge in [-0.2, -0.15) is 0 Å². The summed E-state index contributed by atoms with van der Waals surface area (Å²) < 4.78 is 9.26. The lowest BCUT2D eigenvalue weighted by Crippen LogP contribution is -2.06. The minimum atomic E-state index is -1.49. The van der Waals surface area contributed by atoms with E-state index in [4.69, 9.17) is 9.84 Å². The minimum Gasteiger partial charge on any atom is -0.493 e. The van der Waals surface area contributed by atoms with Gasteiger partial charge in [-0.1, -0.05) is 6.07 Å². The van der Waals surface area contributed by atoms with Crippen LogP contribution in [0.3, 0.4) is 0 Å². The predicted molar refractivity (Wildman–Crippen MR) is 47.0 cm³/mol. The van der Waals surface area contributed by atoms with Crippen molar-refractivity contribution in [2.24, 2.45) is 0 Å². The second kappa shape index (κ2) is 4.27. The molecule has 0 aliphatic heterocycles. The molecule has 0 heterocycles. The van der Waals surface area contributed by atoms with Crippen LogP contribution >= 0.6 is 0 Å². The van der Waals surface area contributed by atoms with Crippen molar-refractivity contribution in [2.45, 2.75) is 0 Å². The van der Waals surface area contributed by atoms with Gasteiger partial charge in [-0.15, -0.1) is 0 Å². The highest BCUT2D eigenvalue weighted by atomic mass is 16.7. The number of hydrogen-bond acceptors (Lipinski definition) is 4. The van der Waals surface area contributed by atoms with E-state index in [9.17, 15) is 9.59 Å². The Morgan fingerprint density at radius 1 is 1.50 bits per heavy atom. The molecule has 1 N–H and O–H groups in total. The van der Waals surface area contributed by atoms with Crippen molar-refractivity contribution in [2.75, 3.05) is 7.11 Å². The Hall–Kier alpha value is -2.04. The summed E-state index contributed by atoms with van der Waals surface area (Å²) in [5.74, 6) is 0.120. The molecule has 0 aromatic heterocycles. The Labute approximate surface area is 79.9 Å². The lowest BCUT2D eigenvalue weighted by atomic mass is 10.2. The van der Waals surface area contributed by atoms with Crippen LogP contribution in [0.5, 0.6) is 11.5 Å². The van der Waals surface area contributed by atoms with E-state index >= 15 is 0 Å². The van der Waals surface area contributed by atoms with Gasteiger partial charge in [0.25, 0.3) is 0 Å². The van der Waals surface area contributed by atoms with Crippen LogP contribution in [0, 0.1) is 0 Å². The summed E-state index contributed by atoms with van der Waals surface area (Å²) in [4.78, 5) is 20.9. The van der Waals surface area contributed by atoms with Gasteiger partial charge in [0.2, 0.25) is 0 Å². The quantitative estimate of drug-likeness (QED) is 0.451. The number of ether oxygens (including phenoxy) is 2. The molecular formula is C9H8O5. The molecule has 0 atom stereocenters. The summed E-state index contributed by atoms with van der Waals surface area (Å²) >= 11 is 0. The largest absolute Gasteiger partial charge is 0.511 e. The minimum absolute atomic E-state index is 0.0856. The van der Waals surface area contributed by atoms with Gasteiger partial charge in [0, 0.05) is 0 Å². The smallest absolute Gasteiger partial charge is 0.493 e. The van der Waals surface area contributed by atoms with Crippen molar-refractivity contribution >= 4 is 12.4 Å². The highest BCUT2D eigenvalue weighted by Gasteiger charge is 2.12. The van der Waals surface area contributed by atoms with Gasteiger partial charge in [-0.3, -0.25) is 4.79 Å². The molecule has 0 saturated carbocycles. The third-order valence-electron chi connectivity index (χ3n) is 1.55. The third kappa shape index (κ3) is 2.01. The molecule has 5 heteroatoms. The van der Waals surface area contributed by atoms with Crippen LogP contribution in [0.15, 0.2) is 18.2 Å². The lowest BCUT2D eigenvalue weighted by Gasteiger charge is -2.07. The number of benzene rings is 1. The van der Waals surface area contributed by atoms with E-state index in [1.54, 1.807) is 6.07 Å². The van der Waals surface area contributed by atoms with E-state index in [2.05, 4.69) is 4.74 Å². The molecule has 74 valence electrons. The molecule has 14 heavy (non-hydrogen) atoms. The van der Waals surface area contributed by atoms with Crippen LogP contribution in [0.2, 0.25) is 0 Å². The summed E-state index contributed by atoms with van der Waals surface area (Å²) in [6.07, 6.45) is -0.988. The predicted octanol–water partition coefficient (Wildman–Crippen LogP) is 1.56. The average Bonchev–Trinajstić information content (AvgIpc) is 2.17. The topological polar surface area (TPSA) is 72.8 Å². The maximum absolute atomic E-state index is 10.5. The third-order valence-corrected chi connectivity index (χ3v) is 1.55. The van der Waals surface area contributed by atoms with Gasteiger partial charge in [0.15, 0.2) is 17.8 Å². The van der Waals surface area contributed by atoms with Crippen LogP contribution in [0.4, 0.5) is 4.79 Å². The Kier molecular flexibility index (Phi) is 3.06. The molecule has 0 fully saturated rings. The molecule has 0 spiro atoms. The average molecular weight is 196 g/mol. The molecule has 1 aromatic carbocycles. The van der Waals surface area contributed by atoms with Gasteiger partial charge < -0.3 is 14.6 Å². The second-order valence-electron chi connectivity index (χ2n) is 2.36. The Morgan fingerprint density at radius 2 is 2.21 bits per heavy atom. The molecule has 0 saturated heterocycles. The first-order valence-corrected chi connectivity index (χ1v) is 3.72. The molecule has 0 radical (unpaired) electrons. The molecule has 0 amide bonds. The Bertz CT molecular complexity index is 358. The Morgan fingerprint density at radius 3 is 2.71 bits per heavy atom. The van der Waals surface area contributed by atoms with Crippen molar-refractivity contribution in [3.63, 3.8) is 0 Å². The first-order valence-electron chi connectivity index (χ1n) is 3.72. The number of aldehydes is 1. The normalized spacial score (nSPS) is 9.21. The number of methoxy groups -OCH3 is 1. The van der Waals surface area contributed by atoms with E-state index in [-0.39, 0.29) is 17.1 Å². The fourth-order valence-electron chi connectivity index (χ4n) is 0.983. The van der Waals surface area contributed by atoms with Gasteiger partial charge in [0.05, 0.1) is 12.7 Å². The molecule has 5 nitrogen and oxygen atoms in total. The fourth-order valence-corrected chi connectivity index (χ4v) is 0.983. The number of para-hydroxylation sites is 1. The van der Waals surface area contributed by atoms with Crippen molar-refractivity contribution in [3.05, 3.63) is 23.8 Å². The van der Waals surface area contributed by atoms with Crippen LogP contribution in [-0.2, 0) is 0 Å². The monoisotopic (exact) mass is 196 g/mol. The maximum atomic E-state index is 10.5. The highest BCUT2D eigenvalue weighted by molar-refractivity contribution is 5.82. The number of carbonyl (C=O) groups excluding carboxylic acids is 1. The van der Waals surface area contributed by atoms with Gasteiger partial charge in [0.1, 0.15) is 0 Å². The van der Waals surface area contributed by atoms with Crippen molar-refractivity contribution in [1.29, 1.82) is 0 Å². The molecule has 0 aliphatic rings. The summed E-state index contributed by atoms with van der Waals surface area (Å²) in [5.41, 5.74) is 0.131. The van der Waals surface area contributed by atoms with E-state index < -0.39 is 6.16 Å². The Balaban J connectivity index is 3.18. The number of carboxylic acid groups (broad SMARTS) is 1. The molecular weight excluding hydrogens is 188 g/mol. The van der Waals surface area contributed by atoms with E-state index in [0.29, 0.717) is 6.29 Å². The van der Waals surface area contributed by atoms with Gasteiger partial charge in [-0.05, 0) is 12.1 Å². The second-order valence-corrected chi connectivity index (χ2v) is 2.36. The zero-order valence-corrected chi connectivity index (χ0v) is 7.39. The van der Waals surface area contributed by atoms with Gasteiger partial charge >= 0.3 is 6.16 Å². The molecule has 0 aliphatic carbocycles. The van der Waals surface area contributed by atoms with E-state index in [1.807, 2.05) is 0 Å². The number of rotatable bonds is 3. The molecule has 0 unspecified atom stereocenters.